The number of fused-ring (bicyclic) bond motifs is 3. The van der Waals surface area contributed by atoms with Crippen LogP contribution in [0, 0.1) is 24.7 Å². The molecule has 0 bridgehead atoms. The average molecular weight is 421 g/mol. The number of hydrogen-bond donors (Lipinski definition) is 0. The first kappa shape index (κ1) is 19.6. The lowest BCUT2D eigenvalue weighted by atomic mass is 9.66. The molecule has 3 heterocycles. The smallest absolute Gasteiger partial charge is 0.416 e. The van der Waals surface area contributed by atoms with Crippen LogP contribution < -0.4 is 4.74 Å². The van der Waals surface area contributed by atoms with Crippen LogP contribution in [0.1, 0.15) is 37.3 Å². The standard InChI is InChI=1S/C24H23NO6/c1-13-10-17-21(23(27)31-22(17)26)16-11-19(20-9-8-14(2)29-20)25(12-18(13)16)24(28)30-15-6-4-3-5-7-15/h3-9,16-17,19,21H,10-12H2,1-2H3/t16-,17+,19-,21-/m1/s1. The Morgan fingerprint density at radius 2 is 1.81 bits per heavy atom. The summed E-state index contributed by atoms with van der Waals surface area (Å²) in [6, 6.07) is 12.2. The van der Waals surface area contributed by atoms with E-state index in [1.165, 1.54) is 0 Å². The third-order valence-corrected chi connectivity index (χ3v) is 6.63. The number of benzene rings is 1. The summed E-state index contributed by atoms with van der Waals surface area (Å²) in [5, 5.41) is 0. The third kappa shape index (κ3) is 3.34. The highest BCUT2D eigenvalue weighted by atomic mass is 16.6. The van der Waals surface area contributed by atoms with Crippen molar-refractivity contribution in [2.45, 2.75) is 32.7 Å². The number of furan rings is 1. The van der Waals surface area contributed by atoms with Gasteiger partial charge in [-0.05, 0) is 62.4 Å². The van der Waals surface area contributed by atoms with Gasteiger partial charge in [0.1, 0.15) is 17.3 Å². The molecule has 1 aromatic carbocycles. The molecule has 0 spiro atoms. The normalized spacial score (nSPS) is 27.6. The van der Waals surface area contributed by atoms with Crippen LogP contribution in [0.4, 0.5) is 4.79 Å². The molecule has 2 aliphatic heterocycles. The van der Waals surface area contributed by atoms with Crippen molar-refractivity contribution in [3.05, 3.63) is 65.1 Å². The number of allylic oxidation sites excluding steroid dienone is 1. The van der Waals surface area contributed by atoms with E-state index in [1.54, 1.807) is 29.2 Å². The number of carbonyl (C=O) groups excluding carboxylic acids is 3. The largest absolute Gasteiger partial charge is 0.464 e. The quantitative estimate of drug-likeness (QED) is 0.411. The summed E-state index contributed by atoms with van der Waals surface area (Å²) < 4.78 is 16.5. The number of rotatable bonds is 2. The first-order valence-electron chi connectivity index (χ1n) is 10.5. The number of aryl methyl sites for hydroxylation is 1. The van der Waals surface area contributed by atoms with Gasteiger partial charge in [-0.25, -0.2) is 4.79 Å². The lowest BCUT2D eigenvalue weighted by Crippen LogP contribution is -2.48. The van der Waals surface area contributed by atoms with Crippen molar-refractivity contribution < 1.29 is 28.3 Å². The van der Waals surface area contributed by atoms with Gasteiger partial charge in [-0.15, -0.1) is 0 Å². The predicted octanol–water partition coefficient (Wildman–Crippen LogP) is 4.19. The molecular weight excluding hydrogens is 398 g/mol. The third-order valence-electron chi connectivity index (χ3n) is 6.63. The molecule has 1 aromatic heterocycles. The van der Waals surface area contributed by atoms with E-state index in [-0.39, 0.29) is 5.92 Å². The van der Waals surface area contributed by atoms with E-state index in [9.17, 15) is 14.4 Å². The second kappa shape index (κ2) is 7.41. The number of cyclic esters (lactones) is 2. The van der Waals surface area contributed by atoms with Crippen LogP contribution in [0.5, 0.6) is 5.75 Å². The summed E-state index contributed by atoms with van der Waals surface area (Å²) in [4.78, 5) is 39.5. The summed E-state index contributed by atoms with van der Waals surface area (Å²) >= 11 is 0. The van der Waals surface area contributed by atoms with Gasteiger partial charge < -0.3 is 13.9 Å². The van der Waals surface area contributed by atoms with Gasteiger partial charge in [0.15, 0.2) is 0 Å². The van der Waals surface area contributed by atoms with Crippen molar-refractivity contribution >= 4 is 18.0 Å². The summed E-state index contributed by atoms with van der Waals surface area (Å²) in [6.45, 7) is 4.13. The van der Waals surface area contributed by atoms with Crippen LogP contribution in [0.3, 0.4) is 0 Å². The fourth-order valence-electron chi connectivity index (χ4n) is 5.15. The minimum Gasteiger partial charge on any atom is -0.464 e. The lowest BCUT2D eigenvalue weighted by Gasteiger charge is -2.44. The van der Waals surface area contributed by atoms with E-state index >= 15 is 0 Å². The van der Waals surface area contributed by atoms with E-state index in [2.05, 4.69) is 0 Å². The zero-order chi connectivity index (χ0) is 21.7. The maximum Gasteiger partial charge on any atom is 0.416 e. The molecular formula is C24H23NO6. The maximum absolute atomic E-state index is 13.2. The molecule has 5 rings (SSSR count). The molecule has 0 radical (unpaired) electrons. The minimum atomic E-state index is -0.503. The van der Waals surface area contributed by atoms with Gasteiger partial charge in [-0.1, -0.05) is 23.8 Å². The molecule has 0 unspecified atom stereocenters. The Kier molecular flexibility index (Phi) is 4.68. The molecule has 0 N–H and O–H groups in total. The van der Waals surface area contributed by atoms with Gasteiger partial charge >= 0.3 is 18.0 Å². The van der Waals surface area contributed by atoms with Gasteiger partial charge in [0, 0.05) is 6.54 Å². The second-order valence-electron chi connectivity index (χ2n) is 8.50. The fraction of sp³-hybridized carbons (Fsp3) is 0.375. The molecule has 3 aliphatic rings. The highest BCUT2D eigenvalue weighted by Gasteiger charge is 2.55. The average Bonchev–Trinajstić information content (AvgIpc) is 3.30. The number of hydrogen-bond acceptors (Lipinski definition) is 6. The Bertz CT molecular complexity index is 1080. The van der Waals surface area contributed by atoms with Crippen LogP contribution in [-0.4, -0.2) is 29.5 Å². The number of nitrogens with zero attached hydrogens (tertiary/aromatic N) is 1. The van der Waals surface area contributed by atoms with Crippen LogP contribution in [0.25, 0.3) is 0 Å². The van der Waals surface area contributed by atoms with Crippen molar-refractivity contribution in [3.8, 4) is 5.75 Å². The SMILES string of the molecule is CC1=C2CN(C(=O)Oc3ccccc3)[C@@H](c3ccc(C)o3)C[C@H]2[C@H]2C(=O)OC(=O)[C@H]2C1. The summed E-state index contributed by atoms with van der Waals surface area (Å²) in [7, 11) is 0. The van der Waals surface area contributed by atoms with E-state index in [4.69, 9.17) is 13.9 Å². The highest BCUT2D eigenvalue weighted by Crippen LogP contribution is 2.51. The van der Waals surface area contributed by atoms with Crippen LogP contribution in [0.2, 0.25) is 0 Å². The predicted molar refractivity (Wildman–Crippen MR) is 109 cm³/mol. The Balaban J connectivity index is 1.51. The van der Waals surface area contributed by atoms with Gasteiger partial charge in [0.05, 0.1) is 17.9 Å². The van der Waals surface area contributed by atoms with Crippen molar-refractivity contribution in [2.24, 2.45) is 17.8 Å². The van der Waals surface area contributed by atoms with Gasteiger partial charge in [0.25, 0.3) is 0 Å². The van der Waals surface area contributed by atoms with Crippen LogP contribution in [0.15, 0.2) is 58.0 Å². The molecule has 7 heteroatoms. The molecule has 1 amide bonds. The van der Waals surface area contributed by atoms with Crippen LogP contribution in [-0.2, 0) is 14.3 Å². The summed E-state index contributed by atoms with van der Waals surface area (Å²) in [5.74, 6) is -0.179. The fourth-order valence-corrected chi connectivity index (χ4v) is 5.15. The lowest BCUT2D eigenvalue weighted by molar-refractivity contribution is -0.154. The monoisotopic (exact) mass is 421 g/mol. The maximum atomic E-state index is 13.2. The molecule has 2 aromatic rings. The van der Waals surface area contributed by atoms with Crippen molar-refractivity contribution in [1.29, 1.82) is 0 Å². The van der Waals surface area contributed by atoms with E-state index in [1.807, 2.05) is 32.0 Å². The first-order chi connectivity index (χ1) is 14.9. The van der Waals surface area contributed by atoms with Crippen molar-refractivity contribution in [1.82, 2.24) is 4.90 Å². The highest BCUT2D eigenvalue weighted by molar-refractivity contribution is 5.97. The molecule has 7 nitrogen and oxygen atoms in total. The second-order valence-corrected chi connectivity index (χ2v) is 8.50. The number of carbonyl (C=O) groups is 3. The summed E-state index contributed by atoms with van der Waals surface area (Å²) in [5.41, 5.74) is 2.04. The first-order valence-corrected chi connectivity index (χ1v) is 10.5. The molecule has 2 fully saturated rings. The Hall–Kier alpha value is -3.35. The van der Waals surface area contributed by atoms with Crippen molar-refractivity contribution in [2.75, 3.05) is 6.54 Å². The Labute approximate surface area is 179 Å². The Morgan fingerprint density at radius 3 is 2.52 bits per heavy atom. The van der Waals surface area contributed by atoms with E-state index in [0.717, 1.165) is 16.9 Å². The number of ether oxygens (including phenoxy) is 2. The molecule has 4 atom stereocenters. The van der Waals surface area contributed by atoms with Crippen molar-refractivity contribution in [3.63, 3.8) is 0 Å². The van der Waals surface area contributed by atoms with Gasteiger partial charge in [-0.3, -0.25) is 14.5 Å². The zero-order valence-corrected chi connectivity index (χ0v) is 17.4. The number of esters is 2. The van der Waals surface area contributed by atoms with E-state index < -0.39 is 35.9 Å². The molecule has 160 valence electrons. The van der Waals surface area contributed by atoms with E-state index in [0.29, 0.717) is 30.9 Å². The number of para-hydroxylation sites is 1. The number of amides is 1. The molecule has 1 aliphatic carbocycles. The van der Waals surface area contributed by atoms with Gasteiger partial charge in [0.2, 0.25) is 0 Å². The molecule has 31 heavy (non-hydrogen) atoms. The molecule has 0 saturated carbocycles. The number of likely N-dealkylation sites (tertiary alicyclic amines) is 1. The van der Waals surface area contributed by atoms with Gasteiger partial charge in [-0.2, -0.15) is 0 Å². The minimum absolute atomic E-state index is 0.172. The topological polar surface area (TPSA) is 86.1 Å². The number of piperidine rings is 1. The zero-order valence-electron chi connectivity index (χ0n) is 17.4. The summed E-state index contributed by atoms with van der Waals surface area (Å²) in [6.07, 6.45) is 0.469. The Morgan fingerprint density at radius 1 is 1.03 bits per heavy atom. The molecule has 2 saturated heterocycles. The van der Waals surface area contributed by atoms with Crippen LogP contribution >= 0.6 is 0 Å².